The summed E-state index contributed by atoms with van der Waals surface area (Å²) in [6, 6.07) is 3.13. The van der Waals surface area contributed by atoms with E-state index in [-0.39, 0.29) is 16.5 Å². The summed E-state index contributed by atoms with van der Waals surface area (Å²) in [6.45, 7) is 2.55. The fourth-order valence-corrected chi connectivity index (χ4v) is 1.54. The topological polar surface area (TPSA) is 55.1 Å². The lowest BCUT2D eigenvalue weighted by molar-refractivity contribution is 0.0954. The number of benzene rings is 1. The van der Waals surface area contributed by atoms with Crippen LogP contribution in [-0.2, 0) is 0 Å². The lowest BCUT2D eigenvalue weighted by Gasteiger charge is -2.09. The van der Waals surface area contributed by atoms with Crippen molar-refractivity contribution in [3.8, 4) is 0 Å². The van der Waals surface area contributed by atoms with Gasteiger partial charge in [-0.15, -0.1) is 0 Å². The van der Waals surface area contributed by atoms with Crippen LogP contribution < -0.4 is 11.1 Å². The molecule has 3 N–H and O–H groups in total. The molecule has 1 amide bonds. The standard InChI is InChI=1S/C10H12Cl2N2O/c1-2-5-14-10(15)8-7(13)4-3-6(11)9(8)12/h3-4H,2,5,13H2,1H3,(H,14,15). The minimum Gasteiger partial charge on any atom is -0.398 e. The van der Waals surface area contributed by atoms with Crippen molar-refractivity contribution in [3.63, 3.8) is 0 Å². The molecule has 0 radical (unpaired) electrons. The average Bonchev–Trinajstić information content (AvgIpc) is 2.21. The molecule has 0 aliphatic heterocycles. The first kappa shape index (κ1) is 12.1. The molecule has 1 aromatic carbocycles. The van der Waals surface area contributed by atoms with Crippen molar-refractivity contribution < 1.29 is 4.79 Å². The van der Waals surface area contributed by atoms with Crippen molar-refractivity contribution in [2.75, 3.05) is 12.3 Å². The quantitative estimate of drug-likeness (QED) is 0.807. The van der Waals surface area contributed by atoms with Crippen LogP contribution in [0.1, 0.15) is 23.7 Å². The van der Waals surface area contributed by atoms with Gasteiger partial charge in [0.1, 0.15) is 0 Å². The first-order chi connectivity index (χ1) is 7.07. The zero-order chi connectivity index (χ0) is 11.4. The zero-order valence-corrected chi connectivity index (χ0v) is 9.82. The molecule has 0 unspecified atom stereocenters. The van der Waals surface area contributed by atoms with Gasteiger partial charge < -0.3 is 11.1 Å². The summed E-state index contributed by atoms with van der Waals surface area (Å²) in [5.74, 6) is -0.290. The molecule has 82 valence electrons. The lowest BCUT2D eigenvalue weighted by atomic mass is 10.1. The van der Waals surface area contributed by atoms with Crippen molar-refractivity contribution in [1.82, 2.24) is 5.32 Å². The minimum atomic E-state index is -0.290. The van der Waals surface area contributed by atoms with Crippen molar-refractivity contribution in [1.29, 1.82) is 0 Å². The van der Waals surface area contributed by atoms with Gasteiger partial charge in [0.05, 0.1) is 15.6 Å². The van der Waals surface area contributed by atoms with E-state index in [2.05, 4.69) is 5.32 Å². The Morgan fingerprint density at radius 3 is 2.73 bits per heavy atom. The summed E-state index contributed by atoms with van der Waals surface area (Å²) in [6.07, 6.45) is 0.851. The van der Waals surface area contributed by atoms with E-state index in [4.69, 9.17) is 28.9 Å². The Morgan fingerprint density at radius 2 is 2.13 bits per heavy atom. The summed E-state index contributed by atoms with van der Waals surface area (Å²) in [5, 5.41) is 3.22. The van der Waals surface area contributed by atoms with Crippen molar-refractivity contribution >= 4 is 34.8 Å². The predicted molar refractivity (Wildman–Crippen MR) is 63.5 cm³/mol. The lowest BCUT2D eigenvalue weighted by Crippen LogP contribution is -2.25. The van der Waals surface area contributed by atoms with E-state index in [9.17, 15) is 4.79 Å². The second-order valence-electron chi connectivity index (χ2n) is 3.08. The molecule has 0 saturated heterocycles. The molecule has 1 rings (SSSR count). The third-order valence-electron chi connectivity index (χ3n) is 1.89. The second-order valence-corrected chi connectivity index (χ2v) is 3.87. The first-order valence-electron chi connectivity index (χ1n) is 4.59. The number of hydrogen-bond acceptors (Lipinski definition) is 2. The normalized spacial score (nSPS) is 10.1. The van der Waals surface area contributed by atoms with Gasteiger partial charge in [-0.25, -0.2) is 0 Å². The van der Waals surface area contributed by atoms with Crippen LogP contribution in [0.5, 0.6) is 0 Å². The maximum Gasteiger partial charge on any atom is 0.254 e. The Morgan fingerprint density at radius 1 is 1.47 bits per heavy atom. The van der Waals surface area contributed by atoms with Gasteiger partial charge in [0.2, 0.25) is 0 Å². The van der Waals surface area contributed by atoms with Gasteiger partial charge >= 0.3 is 0 Å². The number of nitrogen functional groups attached to an aromatic ring is 1. The molecule has 0 bridgehead atoms. The highest BCUT2D eigenvalue weighted by molar-refractivity contribution is 6.44. The van der Waals surface area contributed by atoms with Gasteiger partial charge in [0.15, 0.2) is 0 Å². The predicted octanol–water partition coefficient (Wildman–Crippen LogP) is 2.72. The SMILES string of the molecule is CCCNC(=O)c1c(N)ccc(Cl)c1Cl. The number of rotatable bonds is 3. The van der Waals surface area contributed by atoms with E-state index < -0.39 is 0 Å². The Kier molecular flexibility index (Phi) is 4.24. The van der Waals surface area contributed by atoms with Crippen LogP contribution in [-0.4, -0.2) is 12.5 Å². The summed E-state index contributed by atoms with van der Waals surface area (Å²) in [4.78, 5) is 11.7. The minimum absolute atomic E-state index is 0.199. The monoisotopic (exact) mass is 246 g/mol. The largest absolute Gasteiger partial charge is 0.398 e. The Hall–Kier alpha value is -0.930. The fraction of sp³-hybridized carbons (Fsp3) is 0.300. The summed E-state index contributed by atoms with van der Waals surface area (Å²) in [5.41, 5.74) is 6.24. The number of nitrogens with two attached hydrogens (primary N) is 1. The Bertz CT molecular complexity index is 380. The van der Waals surface area contributed by atoms with Crippen molar-refractivity contribution in [2.24, 2.45) is 0 Å². The van der Waals surface area contributed by atoms with Crippen LogP contribution in [0.4, 0.5) is 5.69 Å². The van der Waals surface area contributed by atoms with Gasteiger partial charge in [-0.3, -0.25) is 4.79 Å². The Balaban J connectivity index is 3.02. The highest BCUT2D eigenvalue weighted by Crippen LogP contribution is 2.29. The van der Waals surface area contributed by atoms with Crippen molar-refractivity contribution in [3.05, 3.63) is 27.7 Å². The van der Waals surface area contributed by atoms with E-state index in [1.54, 1.807) is 12.1 Å². The molecule has 0 fully saturated rings. The molecule has 0 aliphatic carbocycles. The van der Waals surface area contributed by atoms with Crippen LogP contribution in [0.2, 0.25) is 10.0 Å². The fourth-order valence-electron chi connectivity index (χ4n) is 1.12. The van der Waals surface area contributed by atoms with Gasteiger partial charge in [-0.2, -0.15) is 0 Å². The van der Waals surface area contributed by atoms with E-state index in [0.717, 1.165) is 6.42 Å². The van der Waals surface area contributed by atoms with E-state index >= 15 is 0 Å². The van der Waals surface area contributed by atoms with Crippen LogP contribution in [0.3, 0.4) is 0 Å². The number of hydrogen-bond donors (Lipinski definition) is 2. The third kappa shape index (κ3) is 2.76. The van der Waals surface area contributed by atoms with E-state index in [0.29, 0.717) is 17.3 Å². The van der Waals surface area contributed by atoms with E-state index in [1.807, 2.05) is 6.92 Å². The Labute approximate surface area is 98.5 Å². The zero-order valence-electron chi connectivity index (χ0n) is 8.31. The maximum absolute atomic E-state index is 11.7. The molecule has 0 aromatic heterocycles. The molecule has 0 atom stereocenters. The summed E-state index contributed by atoms with van der Waals surface area (Å²) < 4.78 is 0. The second kappa shape index (κ2) is 5.24. The number of carbonyl (C=O) groups excluding carboxylic acids is 1. The van der Waals surface area contributed by atoms with Gasteiger partial charge in [0.25, 0.3) is 5.91 Å². The van der Waals surface area contributed by atoms with Crippen LogP contribution in [0.15, 0.2) is 12.1 Å². The molecule has 1 aromatic rings. The molecule has 5 heteroatoms. The van der Waals surface area contributed by atoms with Gasteiger partial charge in [-0.05, 0) is 18.6 Å². The molecule has 15 heavy (non-hydrogen) atoms. The van der Waals surface area contributed by atoms with Gasteiger partial charge in [0, 0.05) is 12.2 Å². The number of anilines is 1. The molecule has 3 nitrogen and oxygen atoms in total. The molecule has 0 spiro atoms. The van der Waals surface area contributed by atoms with Crippen LogP contribution >= 0.6 is 23.2 Å². The average molecular weight is 247 g/mol. The number of amides is 1. The molecule has 0 heterocycles. The van der Waals surface area contributed by atoms with Crippen LogP contribution in [0, 0.1) is 0 Å². The van der Waals surface area contributed by atoms with Crippen molar-refractivity contribution in [2.45, 2.75) is 13.3 Å². The highest BCUT2D eigenvalue weighted by Gasteiger charge is 2.15. The maximum atomic E-state index is 11.7. The van der Waals surface area contributed by atoms with Gasteiger partial charge in [-0.1, -0.05) is 30.1 Å². The molecule has 0 aliphatic rings. The van der Waals surface area contributed by atoms with E-state index in [1.165, 1.54) is 0 Å². The third-order valence-corrected chi connectivity index (χ3v) is 2.69. The smallest absolute Gasteiger partial charge is 0.254 e. The summed E-state index contributed by atoms with van der Waals surface area (Å²) >= 11 is 11.7. The molecule has 0 saturated carbocycles. The molecular weight excluding hydrogens is 235 g/mol. The molecular formula is C10H12Cl2N2O. The first-order valence-corrected chi connectivity index (χ1v) is 5.35. The summed E-state index contributed by atoms with van der Waals surface area (Å²) in [7, 11) is 0. The van der Waals surface area contributed by atoms with Crippen LogP contribution in [0.25, 0.3) is 0 Å². The number of halogens is 2. The number of carbonyl (C=O) groups is 1. The number of nitrogens with one attached hydrogen (secondary N) is 1. The highest BCUT2D eigenvalue weighted by atomic mass is 35.5.